The molecule has 1 aliphatic rings. The Morgan fingerprint density at radius 3 is 2.62 bits per heavy atom. The van der Waals surface area contributed by atoms with Gasteiger partial charge in [-0.25, -0.2) is 4.39 Å². The fourth-order valence-corrected chi connectivity index (χ4v) is 3.26. The van der Waals surface area contributed by atoms with Crippen LogP contribution in [0.15, 0.2) is 18.2 Å². The molecule has 4 heteroatoms. The average molecular weight is 294 g/mol. The first-order valence-corrected chi connectivity index (χ1v) is 7.76. The highest BCUT2D eigenvalue weighted by atomic mass is 19.1. The van der Waals surface area contributed by atoms with Crippen LogP contribution in [0.5, 0.6) is 5.75 Å². The van der Waals surface area contributed by atoms with E-state index >= 15 is 0 Å². The van der Waals surface area contributed by atoms with Crippen molar-refractivity contribution < 1.29 is 9.13 Å². The maximum absolute atomic E-state index is 14.1. The van der Waals surface area contributed by atoms with Crippen LogP contribution in [0.1, 0.15) is 39.3 Å². The third kappa shape index (κ3) is 3.55. The maximum Gasteiger partial charge on any atom is 0.165 e. The SMILES string of the molecule is COc1ccc(C(C(C)C)N2C[C@H](C)NC[C@H]2C)cc1F. The number of benzene rings is 1. The molecule has 3 atom stereocenters. The standard InChI is InChI=1S/C17H27FN2O/c1-11(2)17(20-10-12(3)19-9-13(20)4)14-6-7-16(21-5)15(18)8-14/h6-8,11-13,17,19H,9-10H2,1-5H3/t12-,13+,17?/m0/s1. The topological polar surface area (TPSA) is 24.5 Å². The number of hydrogen-bond donors (Lipinski definition) is 1. The summed E-state index contributed by atoms with van der Waals surface area (Å²) >= 11 is 0. The highest BCUT2D eigenvalue weighted by molar-refractivity contribution is 5.31. The molecule has 1 fully saturated rings. The molecule has 0 aromatic heterocycles. The second-order valence-electron chi connectivity index (χ2n) is 6.44. The second-order valence-corrected chi connectivity index (χ2v) is 6.44. The van der Waals surface area contributed by atoms with Crippen molar-refractivity contribution in [3.8, 4) is 5.75 Å². The summed E-state index contributed by atoms with van der Waals surface area (Å²) in [5, 5.41) is 3.50. The zero-order valence-electron chi connectivity index (χ0n) is 13.7. The molecule has 0 radical (unpaired) electrons. The first-order valence-electron chi connectivity index (χ1n) is 7.76. The van der Waals surface area contributed by atoms with Crippen LogP contribution in [-0.4, -0.2) is 37.2 Å². The Bertz CT molecular complexity index is 478. The summed E-state index contributed by atoms with van der Waals surface area (Å²) in [5.41, 5.74) is 1.03. The predicted molar refractivity (Wildman–Crippen MR) is 84.2 cm³/mol. The first kappa shape index (κ1) is 16.2. The third-order valence-electron chi connectivity index (χ3n) is 4.32. The molecule has 0 aliphatic carbocycles. The van der Waals surface area contributed by atoms with E-state index in [0.717, 1.165) is 18.7 Å². The Balaban J connectivity index is 2.32. The van der Waals surface area contributed by atoms with Gasteiger partial charge in [-0.05, 0) is 37.5 Å². The van der Waals surface area contributed by atoms with E-state index in [2.05, 4.69) is 37.9 Å². The molecule has 0 saturated carbocycles. The van der Waals surface area contributed by atoms with Crippen molar-refractivity contribution in [2.75, 3.05) is 20.2 Å². The van der Waals surface area contributed by atoms with E-state index < -0.39 is 0 Å². The zero-order chi connectivity index (χ0) is 15.6. The number of rotatable bonds is 4. The molecule has 0 spiro atoms. The Morgan fingerprint density at radius 2 is 2.05 bits per heavy atom. The van der Waals surface area contributed by atoms with Gasteiger partial charge >= 0.3 is 0 Å². The van der Waals surface area contributed by atoms with Crippen LogP contribution in [0.4, 0.5) is 4.39 Å². The van der Waals surface area contributed by atoms with Crippen LogP contribution < -0.4 is 10.1 Å². The first-order chi connectivity index (χ1) is 9.93. The fourth-order valence-electron chi connectivity index (χ4n) is 3.26. The van der Waals surface area contributed by atoms with Gasteiger partial charge in [0.25, 0.3) is 0 Å². The van der Waals surface area contributed by atoms with Gasteiger partial charge < -0.3 is 10.1 Å². The highest BCUT2D eigenvalue weighted by Crippen LogP contribution is 2.33. The van der Waals surface area contributed by atoms with Crippen LogP contribution in [-0.2, 0) is 0 Å². The lowest BCUT2D eigenvalue weighted by molar-refractivity contribution is 0.0695. The molecule has 1 aromatic carbocycles. The van der Waals surface area contributed by atoms with Gasteiger partial charge in [0.05, 0.1) is 7.11 Å². The average Bonchev–Trinajstić information content (AvgIpc) is 2.43. The van der Waals surface area contributed by atoms with Crippen molar-refractivity contribution in [1.29, 1.82) is 0 Å². The van der Waals surface area contributed by atoms with Gasteiger partial charge in [-0.2, -0.15) is 0 Å². The minimum atomic E-state index is -0.281. The van der Waals surface area contributed by atoms with Crippen LogP contribution >= 0.6 is 0 Å². The van der Waals surface area contributed by atoms with E-state index in [0.29, 0.717) is 23.8 Å². The van der Waals surface area contributed by atoms with Crippen molar-refractivity contribution in [2.45, 2.75) is 45.8 Å². The number of nitrogens with zero attached hydrogens (tertiary/aromatic N) is 1. The highest BCUT2D eigenvalue weighted by Gasteiger charge is 2.31. The Kier molecular flexibility index (Phi) is 5.22. The van der Waals surface area contributed by atoms with Crippen LogP contribution in [0.25, 0.3) is 0 Å². The van der Waals surface area contributed by atoms with E-state index in [1.54, 1.807) is 12.1 Å². The molecule has 2 rings (SSSR count). The number of hydrogen-bond acceptors (Lipinski definition) is 3. The number of piperazine rings is 1. The quantitative estimate of drug-likeness (QED) is 0.923. The fraction of sp³-hybridized carbons (Fsp3) is 0.647. The van der Waals surface area contributed by atoms with Crippen molar-refractivity contribution >= 4 is 0 Å². The molecular formula is C17H27FN2O. The number of halogens is 1. The van der Waals surface area contributed by atoms with Gasteiger partial charge in [0.1, 0.15) is 0 Å². The van der Waals surface area contributed by atoms with Crippen molar-refractivity contribution in [1.82, 2.24) is 10.2 Å². The maximum atomic E-state index is 14.1. The monoisotopic (exact) mass is 294 g/mol. The van der Waals surface area contributed by atoms with Gasteiger partial charge in [0.2, 0.25) is 0 Å². The Hall–Kier alpha value is -1.13. The lowest BCUT2D eigenvalue weighted by Gasteiger charge is -2.44. The summed E-state index contributed by atoms with van der Waals surface area (Å²) < 4.78 is 19.1. The van der Waals surface area contributed by atoms with E-state index in [-0.39, 0.29) is 11.9 Å². The third-order valence-corrected chi connectivity index (χ3v) is 4.32. The summed E-state index contributed by atoms with van der Waals surface area (Å²) in [6, 6.07) is 6.49. The van der Waals surface area contributed by atoms with Crippen molar-refractivity contribution in [3.05, 3.63) is 29.6 Å². The molecule has 1 unspecified atom stereocenters. The molecule has 3 nitrogen and oxygen atoms in total. The molecule has 1 aromatic rings. The van der Waals surface area contributed by atoms with Gasteiger partial charge in [-0.3, -0.25) is 4.90 Å². The zero-order valence-corrected chi connectivity index (χ0v) is 13.7. The number of nitrogens with one attached hydrogen (secondary N) is 1. The van der Waals surface area contributed by atoms with Gasteiger partial charge in [0.15, 0.2) is 11.6 Å². The van der Waals surface area contributed by atoms with Crippen LogP contribution in [0.3, 0.4) is 0 Å². The summed E-state index contributed by atoms with van der Waals surface area (Å²) in [7, 11) is 1.50. The predicted octanol–water partition coefficient (Wildman–Crippen LogP) is 3.21. The lowest BCUT2D eigenvalue weighted by Crippen LogP contribution is -2.56. The molecule has 1 heterocycles. The molecule has 118 valence electrons. The van der Waals surface area contributed by atoms with E-state index in [1.165, 1.54) is 7.11 Å². The Morgan fingerprint density at radius 1 is 1.33 bits per heavy atom. The summed E-state index contributed by atoms with van der Waals surface area (Å²) in [4.78, 5) is 2.49. The minimum absolute atomic E-state index is 0.227. The molecule has 0 amide bonds. The van der Waals surface area contributed by atoms with Crippen molar-refractivity contribution in [3.63, 3.8) is 0 Å². The molecule has 1 saturated heterocycles. The molecule has 1 aliphatic heterocycles. The van der Waals surface area contributed by atoms with E-state index in [4.69, 9.17) is 4.74 Å². The Labute approximate surface area is 127 Å². The molecule has 21 heavy (non-hydrogen) atoms. The second kappa shape index (κ2) is 6.75. The van der Waals surface area contributed by atoms with E-state index in [9.17, 15) is 4.39 Å². The number of ether oxygens (including phenoxy) is 1. The summed E-state index contributed by atoms with van der Waals surface area (Å²) in [5.74, 6) is 0.449. The normalized spacial score (nSPS) is 25.1. The molecule has 0 bridgehead atoms. The summed E-state index contributed by atoms with van der Waals surface area (Å²) in [6.45, 7) is 10.8. The van der Waals surface area contributed by atoms with Crippen LogP contribution in [0, 0.1) is 11.7 Å². The largest absolute Gasteiger partial charge is 0.494 e. The van der Waals surface area contributed by atoms with Gasteiger partial charge in [-0.15, -0.1) is 0 Å². The van der Waals surface area contributed by atoms with Gasteiger partial charge in [-0.1, -0.05) is 19.9 Å². The number of methoxy groups -OCH3 is 1. The lowest BCUT2D eigenvalue weighted by atomic mass is 9.91. The van der Waals surface area contributed by atoms with E-state index in [1.807, 2.05) is 6.07 Å². The van der Waals surface area contributed by atoms with Crippen LogP contribution in [0.2, 0.25) is 0 Å². The molecular weight excluding hydrogens is 267 g/mol. The smallest absolute Gasteiger partial charge is 0.165 e. The molecule has 1 N–H and O–H groups in total. The van der Waals surface area contributed by atoms with Crippen molar-refractivity contribution in [2.24, 2.45) is 5.92 Å². The summed E-state index contributed by atoms with van der Waals surface area (Å²) in [6.07, 6.45) is 0. The van der Waals surface area contributed by atoms with Gasteiger partial charge in [0, 0.05) is 31.2 Å². The minimum Gasteiger partial charge on any atom is -0.494 e.